The number of rotatable bonds is 13. The maximum absolute atomic E-state index is 6.88. The Bertz CT molecular complexity index is 4410. The van der Waals surface area contributed by atoms with Gasteiger partial charge in [-0.1, -0.05) is 175 Å². The van der Waals surface area contributed by atoms with Gasteiger partial charge >= 0.3 is 0 Å². The molecule has 14 aromatic carbocycles. The highest BCUT2D eigenvalue weighted by molar-refractivity contribution is 6.31. The number of anilines is 5. The zero-order valence-electron chi connectivity index (χ0n) is 41.8. The van der Waals surface area contributed by atoms with Crippen LogP contribution in [0.5, 0.6) is 23.0 Å². The van der Waals surface area contributed by atoms with Gasteiger partial charge in [-0.15, -0.1) is 0 Å². The number of halogens is 1. The molecule has 0 unspecified atom stereocenters. The summed E-state index contributed by atoms with van der Waals surface area (Å²) in [5.41, 5.74) is 9.85. The molecule has 0 saturated carbocycles. The van der Waals surface area contributed by atoms with E-state index in [2.05, 4.69) is 229 Å². The van der Waals surface area contributed by atoms with Crippen LogP contribution in [0.4, 0.5) is 28.4 Å². The molecule has 362 valence electrons. The number of ether oxygens (including phenoxy) is 2. The standard InChI is InChI=1S/C71H49ClN2O2/c1-73(66-35-27-54-23-21-50-15-8-17-52-25-33-64(66)70(54)68(50)52)58-39-48(37-46-11-4-2-5-12-46)41-62(44-58)75-60-29-31-61(32-30-60)76-63-42-49(38-47-13-6-3-7-14-47)40-59(45-63)74(57-20-10-19-56(72)43-57)67-36-28-55-24-22-51-16-9-18-53-26-34-65(67)71(55)69(51)53/h2-36,39-45H,37-38H2,1H3. The van der Waals surface area contributed by atoms with Crippen molar-refractivity contribution in [3.8, 4) is 23.0 Å². The molecular weight excluding hydrogens is 948 g/mol. The van der Waals surface area contributed by atoms with Crippen LogP contribution in [-0.4, -0.2) is 7.05 Å². The van der Waals surface area contributed by atoms with E-state index in [1.165, 1.54) is 70.4 Å². The molecule has 0 amide bonds. The molecular formula is C71H49ClN2O2. The second-order valence-electron chi connectivity index (χ2n) is 19.9. The van der Waals surface area contributed by atoms with Crippen molar-refractivity contribution in [2.75, 3.05) is 16.8 Å². The van der Waals surface area contributed by atoms with Gasteiger partial charge in [-0.05, 0) is 168 Å². The lowest BCUT2D eigenvalue weighted by Crippen LogP contribution is -2.11. The molecule has 0 aliphatic carbocycles. The van der Waals surface area contributed by atoms with E-state index < -0.39 is 0 Å². The highest BCUT2D eigenvalue weighted by Gasteiger charge is 2.21. The van der Waals surface area contributed by atoms with E-state index in [4.69, 9.17) is 21.1 Å². The van der Waals surface area contributed by atoms with Crippen molar-refractivity contribution in [2.45, 2.75) is 12.8 Å². The zero-order valence-corrected chi connectivity index (χ0v) is 42.5. The van der Waals surface area contributed by atoms with E-state index >= 15 is 0 Å². The Morgan fingerprint density at radius 1 is 0.316 bits per heavy atom. The van der Waals surface area contributed by atoms with Crippen molar-refractivity contribution in [3.05, 3.63) is 282 Å². The summed E-state index contributed by atoms with van der Waals surface area (Å²) in [5, 5.41) is 15.6. The molecule has 0 aliphatic rings. The minimum atomic E-state index is 0.661. The van der Waals surface area contributed by atoms with Gasteiger partial charge in [-0.3, -0.25) is 0 Å². The first-order chi connectivity index (χ1) is 37.4. The highest BCUT2D eigenvalue weighted by Crippen LogP contribution is 2.46. The average molecular weight is 998 g/mol. The van der Waals surface area contributed by atoms with Crippen molar-refractivity contribution >= 4 is 105 Å². The minimum absolute atomic E-state index is 0.661. The van der Waals surface area contributed by atoms with Gasteiger partial charge in [0, 0.05) is 52.0 Å². The smallest absolute Gasteiger partial charge is 0.129 e. The van der Waals surface area contributed by atoms with Crippen molar-refractivity contribution in [1.82, 2.24) is 0 Å². The Labute approximate surface area is 446 Å². The van der Waals surface area contributed by atoms with E-state index in [1.807, 2.05) is 42.5 Å². The van der Waals surface area contributed by atoms with Gasteiger partial charge in [0.05, 0.1) is 11.4 Å². The van der Waals surface area contributed by atoms with Gasteiger partial charge in [-0.25, -0.2) is 0 Å². The van der Waals surface area contributed by atoms with Crippen LogP contribution in [-0.2, 0) is 12.8 Å². The SMILES string of the molecule is CN(c1cc(Cc2ccccc2)cc(Oc2ccc(Oc3cc(Cc4ccccc4)cc(N(c4cccc(Cl)c4)c4ccc5ccc6cccc7ccc4c5c67)c3)cc2)c1)c1ccc2ccc3cccc4ccc1c2c34. The van der Waals surface area contributed by atoms with Gasteiger partial charge < -0.3 is 19.3 Å². The van der Waals surface area contributed by atoms with Gasteiger partial charge in [0.2, 0.25) is 0 Å². The molecule has 0 bridgehead atoms. The van der Waals surface area contributed by atoms with Crippen molar-refractivity contribution < 1.29 is 9.47 Å². The van der Waals surface area contributed by atoms with Gasteiger partial charge in [0.15, 0.2) is 0 Å². The van der Waals surface area contributed by atoms with E-state index in [1.54, 1.807) is 0 Å². The lowest BCUT2D eigenvalue weighted by Gasteiger charge is -2.28. The Morgan fingerprint density at radius 3 is 1.28 bits per heavy atom. The summed E-state index contributed by atoms with van der Waals surface area (Å²) in [5.74, 6) is 2.88. The first kappa shape index (κ1) is 45.3. The van der Waals surface area contributed by atoms with Crippen LogP contribution in [0.2, 0.25) is 5.02 Å². The molecule has 0 radical (unpaired) electrons. The van der Waals surface area contributed by atoms with Crippen molar-refractivity contribution in [2.24, 2.45) is 0 Å². The lowest BCUT2D eigenvalue weighted by atomic mass is 9.93. The quantitative estimate of drug-likeness (QED) is 0.107. The molecule has 0 aromatic heterocycles. The molecule has 4 nitrogen and oxygen atoms in total. The van der Waals surface area contributed by atoms with Crippen molar-refractivity contribution in [1.29, 1.82) is 0 Å². The molecule has 0 saturated heterocycles. The third kappa shape index (κ3) is 8.39. The largest absolute Gasteiger partial charge is 0.457 e. The maximum atomic E-state index is 6.88. The summed E-state index contributed by atoms with van der Waals surface area (Å²) in [4.78, 5) is 4.61. The molecule has 5 heteroatoms. The number of hydrogen-bond donors (Lipinski definition) is 0. The monoisotopic (exact) mass is 996 g/mol. The topological polar surface area (TPSA) is 24.9 Å². The third-order valence-corrected chi connectivity index (χ3v) is 15.3. The van der Waals surface area contributed by atoms with Crippen LogP contribution in [0.3, 0.4) is 0 Å². The Balaban J connectivity index is 0.817. The van der Waals surface area contributed by atoms with E-state index in [9.17, 15) is 0 Å². The Morgan fingerprint density at radius 2 is 0.750 bits per heavy atom. The number of nitrogens with zero attached hydrogens (tertiary/aromatic N) is 2. The fourth-order valence-electron chi connectivity index (χ4n) is 11.6. The zero-order chi connectivity index (χ0) is 50.7. The fraction of sp³-hybridized carbons (Fsp3) is 0.0423. The fourth-order valence-corrected chi connectivity index (χ4v) is 11.7. The summed E-state index contributed by atoms with van der Waals surface area (Å²) in [6, 6.07) is 90.4. The molecule has 0 fully saturated rings. The van der Waals surface area contributed by atoms with Crippen LogP contribution in [0, 0.1) is 0 Å². The second-order valence-corrected chi connectivity index (χ2v) is 20.4. The van der Waals surface area contributed by atoms with Crippen LogP contribution < -0.4 is 19.3 Å². The number of hydrogen-bond acceptors (Lipinski definition) is 4. The first-order valence-corrected chi connectivity index (χ1v) is 26.2. The minimum Gasteiger partial charge on any atom is -0.457 e. The molecule has 0 N–H and O–H groups in total. The summed E-state index contributed by atoms with van der Waals surface area (Å²) in [6.07, 6.45) is 1.48. The first-order valence-electron chi connectivity index (χ1n) is 25.9. The van der Waals surface area contributed by atoms with Gasteiger partial charge in [0.1, 0.15) is 23.0 Å². The molecule has 14 aromatic rings. The van der Waals surface area contributed by atoms with Crippen LogP contribution in [0.15, 0.2) is 255 Å². The third-order valence-electron chi connectivity index (χ3n) is 15.0. The molecule has 0 atom stereocenters. The van der Waals surface area contributed by atoms with Crippen LogP contribution in [0.1, 0.15) is 22.3 Å². The number of benzene rings is 14. The summed E-state index contributed by atoms with van der Waals surface area (Å²) >= 11 is 6.81. The molecule has 0 aliphatic heterocycles. The van der Waals surface area contributed by atoms with E-state index in [0.29, 0.717) is 16.5 Å². The summed E-state index contributed by atoms with van der Waals surface area (Å²) in [6.45, 7) is 0. The predicted octanol–water partition coefficient (Wildman–Crippen LogP) is 20.1. The van der Waals surface area contributed by atoms with Crippen molar-refractivity contribution in [3.63, 3.8) is 0 Å². The van der Waals surface area contributed by atoms with Crippen LogP contribution in [0.25, 0.3) is 64.6 Å². The lowest BCUT2D eigenvalue weighted by molar-refractivity contribution is 0.469. The van der Waals surface area contributed by atoms with E-state index in [0.717, 1.165) is 69.3 Å². The van der Waals surface area contributed by atoms with Gasteiger partial charge in [-0.2, -0.15) is 0 Å². The van der Waals surface area contributed by atoms with Crippen LogP contribution >= 0.6 is 11.6 Å². The van der Waals surface area contributed by atoms with E-state index in [-0.39, 0.29) is 0 Å². The molecule has 14 rings (SSSR count). The molecule has 0 heterocycles. The summed E-state index contributed by atoms with van der Waals surface area (Å²) < 4.78 is 13.7. The molecule has 76 heavy (non-hydrogen) atoms. The van der Waals surface area contributed by atoms with Gasteiger partial charge in [0.25, 0.3) is 0 Å². The average Bonchev–Trinajstić information content (AvgIpc) is 3.58. The normalized spacial score (nSPS) is 11.7. The summed E-state index contributed by atoms with van der Waals surface area (Å²) in [7, 11) is 2.16. The Hall–Kier alpha value is -9.35. The maximum Gasteiger partial charge on any atom is 0.129 e. The Kier molecular flexibility index (Phi) is 11.2. The highest BCUT2D eigenvalue weighted by atomic mass is 35.5. The second kappa shape index (κ2) is 18.9. The molecule has 0 spiro atoms. The predicted molar refractivity (Wildman–Crippen MR) is 320 cm³/mol.